The van der Waals surface area contributed by atoms with E-state index in [4.69, 9.17) is 5.73 Å². The molecular weight excluding hydrogens is 368 g/mol. The molecule has 1 fully saturated rings. The largest absolute Gasteiger partial charge is 0.349 e. The Balaban J connectivity index is 0.00000208. The van der Waals surface area contributed by atoms with Gasteiger partial charge in [0.15, 0.2) is 4.96 Å². The number of hydrogen-bond donors (Lipinski definition) is 2. The van der Waals surface area contributed by atoms with Gasteiger partial charge in [-0.05, 0) is 12.8 Å². The number of rotatable bonds is 6. The van der Waals surface area contributed by atoms with E-state index in [0.717, 1.165) is 25.7 Å². The van der Waals surface area contributed by atoms with Crippen molar-refractivity contribution >= 4 is 46.4 Å². The standard InChI is InChI=1S/C15H20N4O2S2.ClH/c16-10-15(3-1-2-4-15)18-12(20)9-22-8-11-7-13(21)19-5-6-23-14(19)17-11;/h5-7H,1-4,8-10,16H2,(H,18,20);1H. The van der Waals surface area contributed by atoms with E-state index in [1.807, 2.05) is 5.38 Å². The molecular formula is C15H21ClN4O2S2. The number of hydrogen-bond acceptors (Lipinski definition) is 6. The molecule has 3 rings (SSSR count). The number of nitrogens with one attached hydrogen (secondary N) is 1. The van der Waals surface area contributed by atoms with Crippen LogP contribution in [0.2, 0.25) is 0 Å². The van der Waals surface area contributed by atoms with Gasteiger partial charge in [-0.2, -0.15) is 0 Å². The summed E-state index contributed by atoms with van der Waals surface area (Å²) in [6.07, 6.45) is 5.90. The maximum Gasteiger partial charge on any atom is 0.258 e. The first-order valence-corrected chi connectivity index (χ1v) is 9.70. The van der Waals surface area contributed by atoms with Crippen molar-refractivity contribution in [2.45, 2.75) is 37.0 Å². The van der Waals surface area contributed by atoms with Crippen LogP contribution < -0.4 is 16.6 Å². The Labute approximate surface area is 154 Å². The third-order valence-corrected chi connectivity index (χ3v) is 5.92. The Bertz CT molecular complexity index is 755. The summed E-state index contributed by atoms with van der Waals surface area (Å²) in [4.78, 5) is 29.1. The monoisotopic (exact) mass is 388 g/mol. The Morgan fingerprint density at radius 2 is 2.21 bits per heavy atom. The summed E-state index contributed by atoms with van der Waals surface area (Å²) in [5.41, 5.74) is 6.26. The Kier molecular flexibility index (Phi) is 6.68. The molecule has 0 radical (unpaired) electrons. The molecule has 0 aliphatic heterocycles. The highest BCUT2D eigenvalue weighted by molar-refractivity contribution is 7.99. The van der Waals surface area contributed by atoms with Crippen molar-refractivity contribution in [3.8, 4) is 0 Å². The molecule has 3 N–H and O–H groups in total. The van der Waals surface area contributed by atoms with Gasteiger partial charge >= 0.3 is 0 Å². The average Bonchev–Trinajstić information content (AvgIpc) is 3.17. The predicted octanol–water partition coefficient (Wildman–Crippen LogP) is 1.80. The first-order chi connectivity index (χ1) is 11.1. The summed E-state index contributed by atoms with van der Waals surface area (Å²) in [7, 11) is 0. The highest BCUT2D eigenvalue weighted by Crippen LogP contribution is 2.28. The summed E-state index contributed by atoms with van der Waals surface area (Å²) < 4.78 is 1.52. The van der Waals surface area contributed by atoms with Crippen molar-refractivity contribution in [2.75, 3.05) is 12.3 Å². The first kappa shape index (κ1) is 19.2. The normalized spacial score (nSPS) is 16.0. The molecule has 0 spiro atoms. The van der Waals surface area contributed by atoms with Crippen LogP contribution in [-0.4, -0.2) is 33.1 Å². The molecule has 1 aliphatic rings. The molecule has 6 nitrogen and oxygen atoms in total. The van der Waals surface area contributed by atoms with Gasteiger partial charge in [-0.15, -0.1) is 35.5 Å². The van der Waals surface area contributed by atoms with Crippen molar-refractivity contribution in [3.63, 3.8) is 0 Å². The summed E-state index contributed by atoms with van der Waals surface area (Å²) in [5.74, 6) is 0.913. The van der Waals surface area contributed by atoms with Crippen LogP contribution in [0.4, 0.5) is 0 Å². The highest BCUT2D eigenvalue weighted by Gasteiger charge is 2.33. The predicted molar refractivity (Wildman–Crippen MR) is 101 cm³/mol. The van der Waals surface area contributed by atoms with Crippen molar-refractivity contribution in [1.29, 1.82) is 0 Å². The lowest BCUT2D eigenvalue weighted by atomic mass is 9.98. The fraction of sp³-hybridized carbons (Fsp3) is 0.533. The molecule has 2 aromatic rings. The van der Waals surface area contributed by atoms with Crippen LogP contribution in [0.25, 0.3) is 4.96 Å². The second kappa shape index (κ2) is 8.33. The number of halogens is 1. The summed E-state index contributed by atoms with van der Waals surface area (Å²) in [6.45, 7) is 0.497. The number of carbonyl (C=O) groups excluding carboxylic acids is 1. The molecule has 2 heterocycles. The molecule has 1 aliphatic carbocycles. The van der Waals surface area contributed by atoms with E-state index in [0.29, 0.717) is 28.7 Å². The Morgan fingerprint density at radius 1 is 1.46 bits per heavy atom. The van der Waals surface area contributed by atoms with Crippen LogP contribution in [0.1, 0.15) is 31.4 Å². The minimum atomic E-state index is -0.204. The van der Waals surface area contributed by atoms with Gasteiger partial charge in [0.05, 0.1) is 17.0 Å². The van der Waals surface area contributed by atoms with Crippen molar-refractivity contribution in [2.24, 2.45) is 5.73 Å². The van der Waals surface area contributed by atoms with Gasteiger partial charge in [0.25, 0.3) is 5.56 Å². The minimum absolute atomic E-state index is 0. The number of carbonyl (C=O) groups is 1. The number of thioether (sulfide) groups is 1. The van der Waals surface area contributed by atoms with Gasteiger partial charge in [-0.3, -0.25) is 14.0 Å². The van der Waals surface area contributed by atoms with E-state index in [2.05, 4.69) is 10.3 Å². The first-order valence-electron chi connectivity index (χ1n) is 7.66. The highest BCUT2D eigenvalue weighted by atomic mass is 35.5. The molecule has 0 saturated heterocycles. The quantitative estimate of drug-likeness (QED) is 0.787. The second-order valence-corrected chi connectivity index (χ2v) is 7.73. The third kappa shape index (κ3) is 4.30. The maximum atomic E-state index is 12.1. The molecule has 1 saturated carbocycles. The van der Waals surface area contributed by atoms with Gasteiger partial charge < -0.3 is 11.1 Å². The van der Waals surface area contributed by atoms with Crippen LogP contribution in [-0.2, 0) is 10.5 Å². The van der Waals surface area contributed by atoms with Crippen LogP contribution in [0.5, 0.6) is 0 Å². The number of amides is 1. The topological polar surface area (TPSA) is 89.5 Å². The second-order valence-electron chi connectivity index (χ2n) is 5.87. The molecule has 0 bridgehead atoms. The number of thiazole rings is 1. The lowest BCUT2D eigenvalue weighted by molar-refractivity contribution is -0.120. The van der Waals surface area contributed by atoms with Crippen molar-refractivity contribution < 1.29 is 4.79 Å². The number of nitrogens with two attached hydrogens (primary N) is 1. The van der Waals surface area contributed by atoms with Crippen LogP contribution in [0.3, 0.4) is 0 Å². The summed E-state index contributed by atoms with van der Waals surface area (Å²) in [6, 6.07) is 1.53. The Morgan fingerprint density at radius 3 is 2.92 bits per heavy atom. The molecule has 0 atom stereocenters. The fourth-order valence-electron chi connectivity index (χ4n) is 2.97. The number of fused-ring (bicyclic) bond motifs is 1. The zero-order valence-electron chi connectivity index (χ0n) is 13.2. The van der Waals surface area contributed by atoms with Crippen molar-refractivity contribution in [1.82, 2.24) is 14.7 Å². The van der Waals surface area contributed by atoms with Gasteiger partial charge in [0.2, 0.25) is 5.91 Å². The van der Waals surface area contributed by atoms with E-state index in [9.17, 15) is 9.59 Å². The maximum absolute atomic E-state index is 12.1. The smallest absolute Gasteiger partial charge is 0.258 e. The SMILES string of the molecule is Cl.NCC1(NC(=O)CSCc2cc(=O)n3ccsc3n2)CCCC1. The lowest BCUT2D eigenvalue weighted by Gasteiger charge is -2.28. The fourth-order valence-corrected chi connectivity index (χ4v) is 4.43. The minimum Gasteiger partial charge on any atom is -0.349 e. The molecule has 1 amide bonds. The summed E-state index contributed by atoms with van der Waals surface area (Å²) in [5, 5.41) is 4.93. The van der Waals surface area contributed by atoms with Gasteiger partial charge in [-0.1, -0.05) is 12.8 Å². The van der Waals surface area contributed by atoms with Crippen LogP contribution in [0.15, 0.2) is 22.4 Å². The Hall–Kier alpha value is -1.09. The molecule has 24 heavy (non-hydrogen) atoms. The molecule has 9 heteroatoms. The van der Waals surface area contributed by atoms with Gasteiger partial charge in [0, 0.05) is 29.9 Å². The molecule has 132 valence electrons. The molecule has 0 unspecified atom stereocenters. The third-order valence-electron chi connectivity index (χ3n) is 4.20. The van der Waals surface area contributed by atoms with Crippen LogP contribution in [0, 0.1) is 0 Å². The van der Waals surface area contributed by atoms with E-state index < -0.39 is 0 Å². The van der Waals surface area contributed by atoms with Gasteiger partial charge in [-0.25, -0.2) is 4.98 Å². The van der Waals surface area contributed by atoms with E-state index in [1.165, 1.54) is 33.6 Å². The van der Waals surface area contributed by atoms with E-state index >= 15 is 0 Å². The van der Waals surface area contributed by atoms with E-state index in [-0.39, 0.29) is 29.4 Å². The lowest BCUT2D eigenvalue weighted by Crippen LogP contribution is -2.52. The van der Waals surface area contributed by atoms with Crippen LogP contribution >= 0.6 is 35.5 Å². The zero-order valence-corrected chi connectivity index (χ0v) is 15.6. The summed E-state index contributed by atoms with van der Waals surface area (Å²) >= 11 is 2.90. The number of nitrogens with zero attached hydrogens (tertiary/aromatic N) is 2. The molecule has 0 aromatic carbocycles. The van der Waals surface area contributed by atoms with Gasteiger partial charge in [0.1, 0.15) is 0 Å². The van der Waals surface area contributed by atoms with Crippen molar-refractivity contribution in [3.05, 3.63) is 33.7 Å². The zero-order chi connectivity index (χ0) is 16.3. The van der Waals surface area contributed by atoms with E-state index in [1.54, 1.807) is 6.20 Å². The molecule has 2 aromatic heterocycles. The number of aromatic nitrogens is 2. The average molecular weight is 389 g/mol.